The molecule has 2 rings (SSSR count). The van der Waals surface area contributed by atoms with E-state index in [0.29, 0.717) is 6.61 Å². The van der Waals surface area contributed by atoms with Gasteiger partial charge in [-0.2, -0.15) is 0 Å². The van der Waals surface area contributed by atoms with Crippen LogP contribution in [0.2, 0.25) is 0 Å². The summed E-state index contributed by atoms with van der Waals surface area (Å²) in [6, 6.07) is 12.1. The fourth-order valence-corrected chi connectivity index (χ4v) is 2.57. The standard InChI is InChI=1S/C18H21NOS2/c1-4-18(22)19-16-7-5-6-12(2)15(16)11-20-17-9-8-14(21)10-13(17)3/h5-10,21H,4,11H2,1-3H3,(H,19,22). The topological polar surface area (TPSA) is 21.3 Å². The molecule has 2 aromatic carbocycles. The van der Waals surface area contributed by atoms with Gasteiger partial charge in [-0.05, 0) is 55.7 Å². The van der Waals surface area contributed by atoms with E-state index in [0.717, 1.165) is 38.9 Å². The number of thiocarbonyl (C=S) groups is 1. The molecule has 0 aromatic heterocycles. The summed E-state index contributed by atoms with van der Waals surface area (Å²) in [5, 5.41) is 3.30. The van der Waals surface area contributed by atoms with E-state index in [9.17, 15) is 0 Å². The molecule has 0 aliphatic rings. The third-order valence-corrected chi connectivity index (χ3v) is 4.20. The molecule has 4 heteroatoms. The van der Waals surface area contributed by atoms with E-state index in [2.05, 4.69) is 30.9 Å². The molecule has 0 atom stereocenters. The number of nitrogens with one attached hydrogen (secondary N) is 1. The molecule has 116 valence electrons. The average Bonchev–Trinajstić information content (AvgIpc) is 2.48. The molecule has 0 bridgehead atoms. The molecule has 0 fully saturated rings. The first-order valence-corrected chi connectivity index (χ1v) is 8.17. The summed E-state index contributed by atoms with van der Waals surface area (Å²) in [5.41, 5.74) is 4.43. The van der Waals surface area contributed by atoms with E-state index in [4.69, 9.17) is 17.0 Å². The zero-order chi connectivity index (χ0) is 16.1. The Morgan fingerprint density at radius 3 is 2.64 bits per heavy atom. The fourth-order valence-electron chi connectivity index (χ4n) is 2.20. The van der Waals surface area contributed by atoms with E-state index >= 15 is 0 Å². The molecule has 2 aromatic rings. The van der Waals surface area contributed by atoms with Crippen LogP contribution in [-0.4, -0.2) is 4.99 Å². The highest BCUT2D eigenvalue weighted by Gasteiger charge is 2.09. The van der Waals surface area contributed by atoms with Crippen molar-refractivity contribution in [2.24, 2.45) is 0 Å². The summed E-state index contributed by atoms with van der Waals surface area (Å²) in [4.78, 5) is 1.78. The van der Waals surface area contributed by atoms with E-state index in [1.165, 1.54) is 5.56 Å². The molecular formula is C18H21NOS2. The maximum atomic E-state index is 6.00. The van der Waals surface area contributed by atoms with Gasteiger partial charge in [-0.25, -0.2) is 0 Å². The van der Waals surface area contributed by atoms with Crippen molar-refractivity contribution in [1.82, 2.24) is 0 Å². The average molecular weight is 332 g/mol. The molecule has 0 radical (unpaired) electrons. The maximum Gasteiger partial charge on any atom is 0.122 e. The fraction of sp³-hybridized carbons (Fsp3) is 0.278. The lowest BCUT2D eigenvalue weighted by Crippen LogP contribution is -2.11. The van der Waals surface area contributed by atoms with Gasteiger partial charge in [0.25, 0.3) is 0 Å². The van der Waals surface area contributed by atoms with Gasteiger partial charge in [0.05, 0.1) is 4.99 Å². The Balaban J connectivity index is 2.19. The van der Waals surface area contributed by atoms with Crippen LogP contribution in [0.5, 0.6) is 5.75 Å². The lowest BCUT2D eigenvalue weighted by molar-refractivity contribution is 0.304. The number of hydrogen-bond acceptors (Lipinski definition) is 3. The highest BCUT2D eigenvalue weighted by molar-refractivity contribution is 7.80. The summed E-state index contributed by atoms with van der Waals surface area (Å²) in [6.07, 6.45) is 0.825. The van der Waals surface area contributed by atoms with Crippen LogP contribution >= 0.6 is 24.8 Å². The number of benzene rings is 2. The van der Waals surface area contributed by atoms with Crippen LogP contribution in [0.1, 0.15) is 30.0 Å². The predicted molar refractivity (Wildman–Crippen MR) is 100 cm³/mol. The number of hydrogen-bond donors (Lipinski definition) is 2. The smallest absolute Gasteiger partial charge is 0.122 e. The van der Waals surface area contributed by atoms with Crippen molar-refractivity contribution in [2.45, 2.75) is 38.7 Å². The lowest BCUT2D eigenvalue weighted by atomic mass is 10.1. The highest BCUT2D eigenvalue weighted by Crippen LogP contribution is 2.25. The molecule has 0 spiro atoms. The maximum absolute atomic E-state index is 6.00. The van der Waals surface area contributed by atoms with Gasteiger partial charge >= 0.3 is 0 Å². The van der Waals surface area contributed by atoms with Gasteiger partial charge in [-0.15, -0.1) is 12.6 Å². The Morgan fingerprint density at radius 1 is 1.18 bits per heavy atom. The first kappa shape index (κ1) is 16.8. The molecule has 0 unspecified atom stereocenters. The second-order valence-electron chi connectivity index (χ2n) is 5.24. The first-order chi connectivity index (χ1) is 10.5. The third kappa shape index (κ3) is 4.24. The van der Waals surface area contributed by atoms with Gasteiger partial charge in [0, 0.05) is 16.1 Å². The van der Waals surface area contributed by atoms with E-state index in [1.807, 2.05) is 44.2 Å². The predicted octanol–water partition coefficient (Wildman–Crippen LogP) is 5.32. The van der Waals surface area contributed by atoms with Crippen molar-refractivity contribution in [1.29, 1.82) is 0 Å². The van der Waals surface area contributed by atoms with E-state index < -0.39 is 0 Å². The molecule has 0 aliphatic heterocycles. The minimum Gasteiger partial charge on any atom is -0.489 e. The van der Waals surface area contributed by atoms with Gasteiger partial charge in [0.1, 0.15) is 12.4 Å². The molecule has 0 saturated heterocycles. The quantitative estimate of drug-likeness (QED) is 0.572. The van der Waals surface area contributed by atoms with Crippen LogP contribution in [0, 0.1) is 13.8 Å². The van der Waals surface area contributed by atoms with Crippen LogP contribution in [0.4, 0.5) is 5.69 Å². The minimum atomic E-state index is 0.508. The Bertz CT molecular complexity index is 683. The number of anilines is 1. The van der Waals surface area contributed by atoms with Crippen LogP contribution in [0.3, 0.4) is 0 Å². The van der Waals surface area contributed by atoms with Gasteiger partial charge < -0.3 is 10.1 Å². The summed E-state index contributed by atoms with van der Waals surface area (Å²) < 4.78 is 6.00. The normalized spacial score (nSPS) is 10.4. The highest BCUT2D eigenvalue weighted by atomic mass is 32.1. The van der Waals surface area contributed by atoms with Gasteiger partial charge in [0.15, 0.2) is 0 Å². The molecule has 1 N–H and O–H groups in total. The molecule has 22 heavy (non-hydrogen) atoms. The van der Waals surface area contributed by atoms with Crippen LogP contribution in [0.25, 0.3) is 0 Å². The van der Waals surface area contributed by atoms with Gasteiger partial charge in [-0.3, -0.25) is 0 Å². The van der Waals surface area contributed by atoms with Crippen molar-refractivity contribution >= 4 is 35.5 Å². The summed E-state index contributed by atoms with van der Waals surface area (Å²) >= 11 is 9.63. The largest absolute Gasteiger partial charge is 0.489 e. The molecule has 0 amide bonds. The van der Waals surface area contributed by atoms with E-state index in [-0.39, 0.29) is 0 Å². The van der Waals surface area contributed by atoms with Crippen LogP contribution in [-0.2, 0) is 6.61 Å². The van der Waals surface area contributed by atoms with Gasteiger partial charge in [0.2, 0.25) is 0 Å². The molecule has 0 heterocycles. The lowest BCUT2D eigenvalue weighted by Gasteiger charge is -2.16. The Labute approximate surface area is 143 Å². The van der Waals surface area contributed by atoms with Crippen LogP contribution in [0.15, 0.2) is 41.3 Å². The second kappa shape index (κ2) is 7.65. The van der Waals surface area contributed by atoms with Crippen molar-refractivity contribution in [3.05, 3.63) is 53.1 Å². The van der Waals surface area contributed by atoms with Gasteiger partial charge in [-0.1, -0.05) is 31.3 Å². The van der Waals surface area contributed by atoms with Crippen molar-refractivity contribution < 1.29 is 4.74 Å². The zero-order valence-corrected chi connectivity index (χ0v) is 14.9. The first-order valence-electron chi connectivity index (χ1n) is 7.32. The third-order valence-electron chi connectivity index (χ3n) is 3.54. The van der Waals surface area contributed by atoms with Crippen molar-refractivity contribution in [3.63, 3.8) is 0 Å². The monoisotopic (exact) mass is 331 g/mol. The second-order valence-corrected chi connectivity index (χ2v) is 6.25. The zero-order valence-electron chi connectivity index (χ0n) is 13.1. The van der Waals surface area contributed by atoms with Crippen molar-refractivity contribution in [3.8, 4) is 5.75 Å². The minimum absolute atomic E-state index is 0.508. The Hall–Kier alpha value is -1.52. The molecular weight excluding hydrogens is 310 g/mol. The summed E-state index contributed by atoms with van der Waals surface area (Å²) in [5.74, 6) is 0.880. The molecule has 0 saturated carbocycles. The Kier molecular flexibility index (Phi) is 5.86. The summed E-state index contributed by atoms with van der Waals surface area (Å²) in [6.45, 7) is 6.67. The molecule has 2 nitrogen and oxygen atoms in total. The summed E-state index contributed by atoms with van der Waals surface area (Å²) in [7, 11) is 0. The SMILES string of the molecule is CCC(=S)Nc1cccc(C)c1COc1ccc(S)cc1C. The van der Waals surface area contributed by atoms with Crippen molar-refractivity contribution in [2.75, 3.05) is 5.32 Å². The Morgan fingerprint density at radius 2 is 1.95 bits per heavy atom. The van der Waals surface area contributed by atoms with Crippen LogP contribution < -0.4 is 10.1 Å². The number of ether oxygens (including phenoxy) is 1. The number of thiol groups is 1. The number of rotatable bonds is 5. The molecule has 0 aliphatic carbocycles. The van der Waals surface area contributed by atoms with E-state index in [1.54, 1.807) is 0 Å². The number of aryl methyl sites for hydroxylation is 2.